The second-order valence-corrected chi connectivity index (χ2v) is 6.23. The zero-order valence-electron chi connectivity index (χ0n) is 13.7. The van der Waals surface area contributed by atoms with Crippen LogP contribution < -0.4 is 5.32 Å². The Kier molecular flexibility index (Phi) is 7.82. The van der Waals surface area contributed by atoms with Crippen molar-refractivity contribution in [3.63, 3.8) is 0 Å². The predicted molar refractivity (Wildman–Crippen MR) is 86.8 cm³/mol. The molecule has 0 saturated heterocycles. The molecule has 21 heavy (non-hydrogen) atoms. The first-order valence-corrected chi connectivity index (χ1v) is 8.43. The van der Waals surface area contributed by atoms with Crippen LogP contribution in [0.5, 0.6) is 0 Å². The van der Waals surface area contributed by atoms with Crippen molar-refractivity contribution >= 4 is 17.7 Å². The number of carbonyl (C=O) groups excluding carboxylic acids is 1. The normalized spacial score (nSPS) is 12.4. The van der Waals surface area contributed by atoms with Crippen molar-refractivity contribution in [2.75, 3.05) is 19.5 Å². The van der Waals surface area contributed by atoms with Crippen LogP contribution in [0.15, 0.2) is 5.16 Å². The van der Waals surface area contributed by atoms with Crippen LogP contribution in [0.25, 0.3) is 0 Å². The third-order valence-electron chi connectivity index (χ3n) is 3.31. The smallest absolute Gasteiger partial charge is 0.230 e. The van der Waals surface area contributed by atoms with Crippen molar-refractivity contribution in [3.8, 4) is 0 Å². The van der Waals surface area contributed by atoms with E-state index in [2.05, 4.69) is 28.7 Å². The van der Waals surface area contributed by atoms with Gasteiger partial charge in [0.05, 0.1) is 18.1 Å². The molecule has 1 rings (SSSR count). The number of aromatic nitrogens is 2. The second kappa shape index (κ2) is 9.10. The first kappa shape index (κ1) is 18.0. The highest BCUT2D eigenvalue weighted by Crippen LogP contribution is 2.21. The number of amides is 1. The molecular formula is C15H27N3O2S. The molecule has 0 aliphatic heterocycles. The molecule has 1 aromatic heterocycles. The lowest BCUT2D eigenvalue weighted by atomic mass is 10.3. The Hall–Kier alpha value is -1.01. The van der Waals surface area contributed by atoms with Crippen LogP contribution in [0.4, 0.5) is 0 Å². The summed E-state index contributed by atoms with van der Waals surface area (Å²) >= 11 is 1.50. The summed E-state index contributed by atoms with van der Waals surface area (Å²) < 4.78 is 7.23. The highest BCUT2D eigenvalue weighted by atomic mass is 32.2. The number of aryl methyl sites for hydroxylation is 1. The molecule has 1 amide bonds. The van der Waals surface area contributed by atoms with Gasteiger partial charge in [-0.3, -0.25) is 4.79 Å². The van der Waals surface area contributed by atoms with E-state index in [0.29, 0.717) is 12.4 Å². The Labute approximate surface area is 131 Å². The van der Waals surface area contributed by atoms with E-state index in [4.69, 9.17) is 4.74 Å². The van der Waals surface area contributed by atoms with E-state index in [-0.39, 0.29) is 11.9 Å². The average Bonchev–Trinajstić information content (AvgIpc) is 2.70. The summed E-state index contributed by atoms with van der Waals surface area (Å²) in [7, 11) is 1.63. The molecule has 0 spiro atoms. The number of thioether (sulfide) groups is 1. The molecule has 1 heterocycles. The number of unbranched alkanes of at least 4 members (excludes halogenated alkanes) is 1. The Morgan fingerprint density at radius 2 is 2.19 bits per heavy atom. The minimum Gasteiger partial charge on any atom is -0.383 e. The number of imidazole rings is 1. The zero-order valence-corrected chi connectivity index (χ0v) is 14.5. The van der Waals surface area contributed by atoms with E-state index < -0.39 is 0 Å². The first-order valence-electron chi connectivity index (χ1n) is 7.44. The van der Waals surface area contributed by atoms with Crippen LogP contribution >= 0.6 is 11.8 Å². The molecule has 1 N–H and O–H groups in total. The summed E-state index contributed by atoms with van der Waals surface area (Å²) in [6, 6.07) is 0.0337. The van der Waals surface area contributed by atoms with Gasteiger partial charge in [0.15, 0.2) is 5.16 Å². The fourth-order valence-corrected chi connectivity index (χ4v) is 2.98. The summed E-state index contributed by atoms with van der Waals surface area (Å²) in [5, 5.41) is 3.85. The molecule has 6 heteroatoms. The van der Waals surface area contributed by atoms with Gasteiger partial charge in [-0.2, -0.15) is 0 Å². The number of ether oxygens (including phenoxy) is 1. The fourth-order valence-electron chi connectivity index (χ4n) is 2.05. The van der Waals surface area contributed by atoms with Gasteiger partial charge in [-0.25, -0.2) is 4.98 Å². The number of nitrogens with zero attached hydrogens (tertiary/aromatic N) is 2. The van der Waals surface area contributed by atoms with Crippen molar-refractivity contribution in [1.82, 2.24) is 14.9 Å². The summed E-state index contributed by atoms with van der Waals surface area (Å²) in [6.07, 6.45) is 2.27. The van der Waals surface area contributed by atoms with Gasteiger partial charge in [0.1, 0.15) is 0 Å². The van der Waals surface area contributed by atoms with E-state index >= 15 is 0 Å². The van der Waals surface area contributed by atoms with E-state index in [1.54, 1.807) is 7.11 Å². The Morgan fingerprint density at radius 1 is 1.48 bits per heavy atom. The molecule has 5 nitrogen and oxygen atoms in total. The van der Waals surface area contributed by atoms with Gasteiger partial charge in [-0.15, -0.1) is 0 Å². The van der Waals surface area contributed by atoms with E-state index in [9.17, 15) is 4.79 Å². The van der Waals surface area contributed by atoms with Gasteiger partial charge in [0.25, 0.3) is 0 Å². The summed E-state index contributed by atoms with van der Waals surface area (Å²) in [5.41, 5.74) is 2.24. The van der Waals surface area contributed by atoms with Crippen LogP contribution in [-0.2, 0) is 16.1 Å². The van der Waals surface area contributed by atoms with Gasteiger partial charge < -0.3 is 14.6 Å². The fraction of sp³-hybridized carbons (Fsp3) is 0.733. The molecule has 0 aliphatic rings. The van der Waals surface area contributed by atoms with Crippen LogP contribution in [0.1, 0.15) is 38.1 Å². The molecule has 1 aromatic rings. The molecular weight excluding hydrogens is 286 g/mol. The Morgan fingerprint density at radius 3 is 2.81 bits per heavy atom. The van der Waals surface area contributed by atoms with E-state index in [1.165, 1.54) is 17.5 Å². The van der Waals surface area contributed by atoms with Gasteiger partial charge >= 0.3 is 0 Å². The number of hydrogen-bond donors (Lipinski definition) is 1. The average molecular weight is 313 g/mol. The topological polar surface area (TPSA) is 56.2 Å². The van der Waals surface area contributed by atoms with Crippen molar-refractivity contribution in [2.24, 2.45) is 0 Å². The van der Waals surface area contributed by atoms with Crippen LogP contribution in [0, 0.1) is 13.8 Å². The summed E-state index contributed by atoms with van der Waals surface area (Å²) in [5.74, 6) is 0.403. The lowest BCUT2D eigenvalue weighted by Crippen LogP contribution is -2.36. The van der Waals surface area contributed by atoms with Crippen molar-refractivity contribution in [1.29, 1.82) is 0 Å². The number of methoxy groups -OCH3 is 1. The molecule has 0 aromatic carbocycles. The SMILES string of the molecule is CCCCn1c(SCC(=O)NC(C)COC)nc(C)c1C. The molecule has 0 aliphatic carbocycles. The predicted octanol–water partition coefficient (Wildman–Crippen LogP) is 2.54. The molecule has 120 valence electrons. The molecule has 0 saturated carbocycles. The first-order chi connectivity index (χ1) is 9.99. The third kappa shape index (κ3) is 5.71. The minimum absolute atomic E-state index is 0.0184. The molecule has 0 bridgehead atoms. The van der Waals surface area contributed by atoms with Gasteiger partial charge in [-0.1, -0.05) is 25.1 Å². The second-order valence-electron chi connectivity index (χ2n) is 5.28. The largest absolute Gasteiger partial charge is 0.383 e. The summed E-state index contributed by atoms with van der Waals surface area (Å²) in [4.78, 5) is 16.5. The van der Waals surface area contributed by atoms with Crippen LogP contribution in [0.3, 0.4) is 0 Å². The third-order valence-corrected chi connectivity index (χ3v) is 4.29. The quantitative estimate of drug-likeness (QED) is 0.712. The molecule has 0 radical (unpaired) electrons. The van der Waals surface area contributed by atoms with Crippen molar-refractivity contribution < 1.29 is 9.53 Å². The Bertz CT molecular complexity index is 460. The van der Waals surface area contributed by atoms with Gasteiger partial charge in [0, 0.05) is 25.4 Å². The molecule has 1 unspecified atom stereocenters. The van der Waals surface area contributed by atoms with E-state index in [1.807, 2.05) is 13.8 Å². The highest BCUT2D eigenvalue weighted by Gasteiger charge is 2.14. The maximum atomic E-state index is 11.9. The highest BCUT2D eigenvalue weighted by molar-refractivity contribution is 7.99. The van der Waals surface area contributed by atoms with Crippen LogP contribution in [0.2, 0.25) is 0 Å². The number of hydrogen-bond acceptors (Lipinski definition) is 4. The zero-order chi connectivity index (χ0) is 15.8. The minimum atomic E-state index is 0.0184. The number of carbonyl (C=O) groups is 1. The standard InChI is InChI=1S/C15H27N3O2S/c1-6-7-8-18-13(4)12(3)17-15(18)21-10-14(19)16-11(2)9-20-5/h11H,6-10H2,1-5H3,(H,16,19). The molecule has 0 fully saturated rings. The number of rotatable bonds is 9. The van der Waals surface area contributed by atoms with Gasteiger partial charge in [0.2, 0.25) is 5.91 Å². The maximum Gasteiger partial charge on any atom is 0.230 e. The maximum absolute atomic E-state index is 11.9. The van der Waals surface area contributed by atoms with Crippen molar-refractivity contribution in [3.05, 3.63) is 11.4 Å². The Balaban J connectivity index is 2.58. The molecule has 1 atom stereocenters. The summed E-state index contributed by atoms with van der Waals surface area (Å²) in [6.45, 7) is 9.71. The monoisotopic (exact) mass is 313 g/mol. The van der Waals surface area contributed by atoms with Crippen LogP contribution in [-0.4, -0.2) is 41.0 Å². The lowest BCUT2D eigenvalue weighted by Gasteiger charge is -2.13. The lowest BCUT2D eigenvalue weighted by molar-refractivity contribution is -0.119. The van der Waals surface area contributed by atoms with Gasteiger partial charge in [-0.05, 0) is 27.2 Å². The van der Waals surface area contributed by atoms with E-state index in [0.717, 1.165) is 30.2 Å². The van der Waals surface area contributed by atoms with Crippen molar-refractivity contribution in [2.45, 2.75) is 58.3 Å². The number of nitrogens with one attached hydrogen (secondary N) is 1.